The normalized spacial score (nSPS) is 19.3. The summed E-state index contributed by atoms with van der Waals surface area (Å²) in [6.07, 6.45) is 3.62. The van der Waals surface area contributed by atoms with Crippen LogP contribution < -0.4 is 0 Å². The first-order valence-corrected chi connectivity index (χ1v) is 15.8. The highest BCUT2D eigenvalue weighted by atomic mass is 35.5. The van der Waals surface area contributed by atoms with E-state index < -0.39 is 18.2 Å². The molecule has 3 aromatic carbocycles. The number of carbonyl (C=O) groups excluding carboxylic acids is 3. The highest BCUT2D eigenvalue weighted by Gasteiger charge is 2.52. The smallest absolute Gasteiger partial charge is 0.246 e. The minimum Gasteiger partial charge on any atom is -0.508 e. The molecule has 10 heteroatoms. The molecule has 3 atom stereocenters. The Balaban J connectivity index is 1.41. The van der Waals surface area contributed by atoms with Crippen molar-refractivity contribution in [2.24, 2.45) is 0 Å². The van der Waals surface area contributed by atoms with Crippen molar-refractivity contribution in [1.82, 2.24) is 24.8 Å². The predicted octanol–water partition coefficient (Wildman–Crippen LogP) is 5.14. The number of hydrazine groups is 1. The number of aromatic hydroxyl groups is 1. The SMILES string of the molecule is C=CCN1CC(=O)N2[C@@H](Cc3ccc(O)cc3)C(=O)N([C@@H](C)c3ccc(Cl)c4cccnc34)C[C@@H]2N1C(=O)CCc1ccccc1. The summed E-state index contributed by atoms with van der Waals surface area (Å²) >= 11 is 6.51. The van der Waals surface area contributed by atoms with E-state index in [0.29, 0.717) is 23.5 Å². The van der Waals surface area contributed by atoms with Gasteiger partial charge in [0.05, 0.1) is 24.6 Å². The molecule has 6 rings (SSSR count). The Hall–Kier alpha value is -4.73. The van der Waals surface area contributed by atoms with Crippen LogP contribution in [-0.2, 0) is 27.2 Å². The molecule has 4 aromatic rings. The summed E-state index contributed by atoms with van der Waals surface area (Å²) < 4.78 is 0. The van der Waals surface area contributed by atoms with Gasteiger partial charge in [-0.1, -0.05) is 66.2 Å². The fraction of sp³-hybridized carbons (Fsp3) is 0.278. The maximum Gasteiger partial charge on any atom is 0.246 e. The molecule has 1 N–H and O–H groups in total. The van der Waals surface area contributed by atoms with Gasteiger partial charge < -0.3 is 14.9 Å². The third-order valence-electron chi connectivity index (χ3n) is 8.87. The number of hydrogen-bond acceptors (Lipinski definition) is 6. The molecule has 2 fully saturated rings. The summed E-state index contributed by atoms with van der Waals surface area (Å²) in [4.78, 5) is 50.5. The number of piperazine rings is 1. The maximum absolute atomic E-state index is 14.5. The van der Waals surface area contributed by atoms with Gasteiger partial charge in [-0.25, -0.2) is 10.0 Å². The maximum atomic E-state index is 14.5. The minimum absolute atomic E-state index is 0.0553. The molecule has 0 saturated carbocycles. The Bertz CT molecular complexity index is 1770. The van der Waals surface area contributed by atoms with Gasteiger partial charge in [0.2, 0.25) is 17.7 Å². The molecule has 0 bridgehead atoms. The number of amides is 3. The minimum atomic E-state index is -0.875. The van der Waals surface area contributed by atoms with Gasteiger partial charge in [0.15, 0.2) is 0 Å². The first-order chi connectivity index (χ1) is 22.3. The van der Waals surface area contributed by atoms with Crippen molar-refractivity contribution < 1.29 is 19.5 Å². The fourth-order valence-corrected chi connectivity index (χ4v) is 6.82. The van der Waals surface area contributed by atoms with E-state index in [9.17, 15) is 19.5 Å². The molecule has 3 heterocycles. The van der Waals surface area contributed by atoms with Gasteiger partial charge in [0.25, 0.3) is 0 Å². The zero-order chi connectivity index (χ0) is 32.4. The van der Waals surface area contributed by atoms with Crippen molar-refractivity contribution in [3.8, 4) is 5.75 Å². The van der Waals surface area contributed by atoms with Crippen molar-refractivity contribution in [2.75, 3.05) is 19.6 Å². The molecule has 236 valence electrons. The van der Waals surface area contributed by atoms with Crippen LogP contribution in [0.4, 0.5) is 0 Å². The van der Waals surface area contributed by atoms with Crippen molar-refractivity contribution in [3.63, 3.8) is 0 Å². The van der Waals surface area contributed by atoms with Crippen LogP contribution in [0, 0.1) is 0 Å². The lowest BCUT2D eigenvalue weighted by Gasteiger charge is -2.56. The summed E-state index contributed by atoms with van der Waals surface area (Å²) in [6, 6.07) is 22.5. The number of aryl methyl sites for hydroxylation is 1. The van der Waals surface area contributed by atoms with Crippen LogP contribution in [0.3, 0.4) is 0 Å². The van der Waals surface area contributed by atoms with Crippen LogP contribution in [-0.4, -0.2) is 79.5 Å². The number of hydrogen-bond donors (Lipinski definition) is 1. The number of halogens is 1. The van der Waals surface area contributed by atoms with Crippen LogP contribution in [0.15, 0.2) is 97.7 Å². The van der Waals surface area contributed by atoms with Gasteiger partial charge >= 0.3 is 0 Å². The lowest BCUT2D eigenvalue weighted by atomic mass is 9.95. The lowest BCUT2D eigenvalue weighted by molar-refractivity contribution is -0.206. The third-order valence-corrected chi connectivity index (χ3v) is 9.20. The second-order valence-corrected chi connectivity index (χ2v) is 12.1. The van der Waals surface area contributed by atoms with Gasteiger partial charge in [-0.15, -0.1) is 6.58 Å². The van der Waals surface area contributed by atoms with Crippen LogP contribution in [0.1, 0.15) is 36.1 Å². The van der Waals surface area contributed by atoms with Crippen molar-refractivity contribution in [2.45, 2.75) is 44.4 Å². The van der Waals surface area contributed by atoms with E-state index in [1.54, 1.807) is 62.4 Å². The second-order valence-electron chi connectivity index (χ2n) is 11.7. The lowest BCUT2D eigenvalue weighted by Crippen LogP contribution is -2.76. The number of benzene rings is 3. The first kappa shape index (κ1) is 31.3. The standard InChI is InChI=1S/C36H36ClN5O4/c1-3-20-39-23-34(45)41-31(21-26-11-14-27(43)15-12-26)36(46)40(24(2)28-16-17-30(37)29-10-7-19-38-35(28)29)22-32(41)42(39)33(44)18-13-25-8-5-4-6-9-25/h3-12,14-17,19,24,31-32,43H,1,13,18,20-23H2,2H3/t24-,31-,32-/m0/s1. The Kier molecular flexibility index (Phi) is 9.05. The van der Waals surface area contributed by atoms with Gasteiger partial charge in [-0.05, 0) is 54.8 Å². The summed E-state index contributed by atoms with van der Waals surface area (Å²) in [7, 11) is 0. The highest BCUT2D eigenvalue weighted by Crippen LogP contribution is 2.36. The number of aromatic nitrogens is 1. The summed E-state index contributed by atoms with van der Waals surface area (Å²) in [5.74, 6) is -0.490. The molecular formula is C36H36ClN5O4. The van der Waals surface area contributed by atoms with Gasteiger partial charge in [-0.3, -0.25) is 19.4 Å². The van der Waals surface area contributed by atoms with Crippen molar-refractivity contribution in [3.05, 3.63) is 119 Å². The number of nitrogens with zero attached hydrogens (tertiary/aromatic N) is 5. The van der Waals surface area contributed by atoms with Crippen molar-refractivity contribution >= 4 is 40.2 Å². The zero-order valence-electron chi connectivity index (χ0n) is 25.6. The number of pyridine rings is 1. The molecule has 2 aliphatic rings. The first-order valence-electron chi connectivity index (χ1n) is 15.4. The molecule has 0 spiro atoms. The van der Waals surface area contributed by atoms with E-state index >= 15 is 0 Å². The third kappa shape index (κ3) is 6.08. The topological polar surface area (TPSA) is 97.3 Å². The van der Waals surface area contributed by atoms with Crippen molar-refractivity contribution in [1.29, 1.82) is 0 Å². The average molecular weight is 638 g/mol. The quantitative estimate of drug-likeness (QED) is 0.255. The number of fused-ring (bicyclic) bond motifs is 2. The monoisotopic (exact) mass is 637 g/mol. The number of phenolic OH excluding ortho intramolecular Hbond substituents is 1. The van der Waals surface area contributed by atoms with Gasteiger partial charge in [-0.2, -0.15) is 0 Å². The fourth-order valence-electron chi connectivity index (χ4n) is 6.60. The van der Waals surface area contributed by atoms with E-state index in [0.717, 1.165) is 22.1 Å². The molecule has 9 nitrogen and oxygen atoms in total. The highest BCUT2D eigenvalue weighted by molar-refractivity contribution is 6.35. The van der Waals surface area contributed by atoms with E-state index in [-0.39, 0.29) is 49.4 Å². The number of phenols is 1. The van der Waals surface area contributed by atoms with E-state index in [1.165, 1.54) is 0 Å². The van der Waals surface area contributed by atoms with E-state index in [1.807, 2.05) is 55.5 Å². The van der Waals surface area contributed by atoms with Crippen LogP contribution in [0.5, 0.6) is 5.75 Å². The molecule has 3 amide bonds. The van der Waals surface area contributed by atoms with Crippen LogP contribution in [0.2, 0.25) is 5.02 Å². The Morgan fingerprint density at radius 2 is 1.80 bits per heavy atom. The second kappa shape index (κ2) is 13.3. The zero-order valence-corrected chi connectivity index (χ0v) is 26.4. The summed E-state index contributed by atoms with van der Waals surface area (Å²) in [5, 5.41) is 14.6. The molecule has 0 radical (unpaired) electrons. The van der Waals surface area contributed by atoms with E-state index in [4.69, 9.17) is 11.6 Å². The Morgan fingerprint density at radius 3 is 2.54 bits per heavy atom. The molecule has 46 heavy (non-hydrogen) atoms. The molecular weight excluding hydrogens is 602 g/mol. The molecule has 2 saturated heterocycles. The molecule has 0 aliphatic carbocycles. The van der Waals surface area contributed by atoms with E-state index in [2.05, 4.69) is 11.6 Å². The molecule has 2 aliphatic heterocycles. The summed E-state index contributed by atoms with van der Waals surface area (Å²) in [5.41, 5.74) is 3.33. The number of carbonyl (C=O) groups is 3. The molecule has 0 unspecified atom stereocenters. The predicted molar refractivity (Wildman–Crippen MR) is 176 cm³/mol. The van der Waals surface area contributed by atoms with Crippen LogP contribution in [0.25, 0.3) is 10.9 Å². The number of rotatable bonds is 9. The summed E-state index contributed by atoms with van der Waals surface area (Å²) in [6.45, 7) is 6.17. The van der Waals surface area contributed by atoms with Gasteiger partial charge in [0.1, 0.15) is 18.0 Å². The average Bonchev–Trinajstić information content (AvgIpc) is 3.06. The molecule has 1 aromatic heterocycles. The van der Waals surface area contributed by atoms with Gasteiger partial charge in [0, 0.05) is 41.6 Å². The Morgan fingerprint density at radius 1 is 1.04 bits per heavy atom. The van der Waals surface area contributed by atoms with Crippen LogP contribution >= 0.6 is 11.6 Å². The largest absolute Gasteiger partial charge is 0.508 e. The Labute approximate surface area is 273 Å².